The van der Waals surface area contributed by atoms with Crippen molar-refractivity contribution in [2.75, 3.05) is 51.8 Å². The van der Waals surface area contributed by atoms with E-state index in [0.717, 1.165) is 32.8 Å². The monoisotopic (exact) mass is 583 g/mol. The molecule has 41 heavy (non-hydrogen) atoms. The van der Waals surface area contributed by atoms with Gasteiger partial charge in [-0.15, -0.1) is 0 Å². The number of hydrogen-bond acceptors (Lipinski definition) is 11. The molecule has 0 saturated carbocycles. The molecule has 1 aromatic carbocycles. The van der Waals surface area contributed by atoms with Crippen molar-refractivity contribution in [1.82, 2.24) is 15.5 Å². The molecule has 220 valence electrons. The number of allylic oxidation sites excluding steroid dienone is 2. The summed E-state index contributed by atoms with van der Waals surface area (Å²) in [5.41, 5.74) is 7.46. The second-order valence-corrected chi connectivity index (χ2v) is 10.6. The van der Waals surface area contributed by atoms with Crippen LogP contribution in [-0.4, -0.2) is 81.0 Å². The van der Waals surface area contributed by atoms with Gasteiger partial charge in [0.1, 0.15) is 28.8 Å². The predicted molar refractivity (Wildman–Crippen MR) is 165 cm³/mol. The molecule has 0 spiro atoms. The number of hydrogen-bond donors (Lipinski definition) is 5. The minimum Gasteiger partial charge on any atom is -0.500 e. The molecule has 1 amide bonds. The van der Waals surface area contributed by atoms with Crippen LogP contribution < -0.4 is 21.7 Å². The fourth-order valence-electron chi connectivity index (χ4n) is 3.91. The fraction of sp³-hybridized carbons (Fsp3) is 0.393. The number of amidine groups is 1. The highest BCUT2D eigenvalue weighted by Gasteiger charge is 2.20. The lowest BCUT2D eigenvalue weighted by Crippen LogP contribution is -2.41. The van der Waals surface area contributed by atoms with Gasteiger partial charge in [-0.3, -0.25) is 20.1 Å². The van der Waals surface area contributed by atoms with Crippen LogP contribution in [0.2, 0.25) is 5.02 Å². The lowest BCUT2D eigenvalue weighted by Gasteiger charge is -2.26. The number of nitrogens with zero attached hydrogens (tertiary/aromatic N) is 4. The number of anilines is 1. The number of carbonyl (C=O) groups excluding carboxylic acids is 1. The molecule has 6 N–H and O–H groups in total. The van der Waals surface area contributed by atoms with Crippen molar-refractivity contribution in [3.05, 3.63) is 64.9 Å². The van der Waals surface area contributed by atoms with Gasteiger partial charge in [-0.25, -0.2) is 9.98 Å². The van der Waals surface area contributed by atoms with E-state index in [1.54, 1.807) is 18.3 Å². The van der Waals surface area contributed by atoms with E-state index in [9.17, 15) is 4.79 Å². The Morgan fingerprint density at radius 1 is 1.34 bits per heavy atom. The van der Waals surface area contributed by atoms with Crippen LogP contribution >= 0.6 is 11.6 Å². The number of nitrogens with one attached hydrogen (secondary N) is 4. The van der Waals surface area contributed by atoms with Crippen LogP contribution in [0, 0.1) is 10.8 Å². The van der Waals surface area contributed by atoms with Gasteiger partial charge in [-0.05, 0) is 18.2 Å². The lowest BCUT2D eigenvalue weighted by atomic mass is 9.93. The van der Waals surface area contributed by atoms with Gasteiger partial charge in [0.05, 0.1) is 37.2 Å². The SMILES string of the molecule is C=C/N=C1/C=NC(NCCN2CCOCC2)=N/C1=C(/N)Nc1cc(C(=O)NC(=N)/C=C(\OC)C(C)(C)C)ccc1Cl. The van der Waals surface area contributed by atoms with Gasteiger partial charge in [0.15, 0.2) is 0 Å². The molecule has 0 atom stereocenters. The van der Waals surface area contributed by atoms with E-state index in [-0.39, 0.29) is 22.6 Å². The first-order valence-corrected chi connectivity index (χ1v) is 13.5. The van der Waals surface area contributed by atoms with Gasteiger partial charge >= 0.3 is 0 Å². The summed E-state index contributed by atoms with van der Waals surface area (Å²) in [6.45, 7) is 14.2. The van der Waals surface area contributed by atoms with Crippen molar-refractivity contribution in [2.45, 2.75) is 20.8 Å². The number of methoxy groups -OCH3 is 1. The highest BCUT2D eigenvalue weighted by Crippen LogP contribution is 2.26. The topological polar surface area (TPSA) is 162 Å². The normalized spacial score (nSPS) is 18.4. The highest BCUT2D eigenvalue weighted by molar-refractivity contribution is 6.41. The summed E-state index contributed by atoms with van der Waals surface area (Å²) in [4.78, 5) is 28.3. The molecule has 0 radical (unpaired) electrons. The molecule has 0 aromatic heterocycles. The van der Waals surface area contributed by atoms with Gasteiger partial charge in [0, 0.05) is 49.4 Å². The van der Waals surface area contributed by atoms with E-state index in [4.69, 9.17) is 32.2 Å². The number of ether oxygens (including phenoxy) is 2. The summed E-state index contributed by atoms with van der Waals surface area (Å²) in [7, 11) is 1.53. The molecule has 2 aliphatic rings. The summed E-state index contributed by atoms with van der Waals surface area (Å²) < 4.78 is 10.8. The number of morpholine rings is 1. The van der Waals surface area contributed by atoms with Crippen molar-refractivity contribution in [3.63, 3.8) is 0 Å². The van der Waals surface area contributed by atoms with Gasteiger partial charge < -0.3 is 31.2 Å². The maximum Gasteiger partial charge on any atom is 0.256 e. The fourth-order valence-corrected chi connectivity index (χ4v) is 4.08. The number of rotatable bonds is 9. The molecule has 1 saturated heterocycles. The summed E-state index contributed by atoms with van der Waals surface area (Å²) in [5.74, 6) is 0.489. The van der Waals surface area contributed by atoms with E-state index in [0.29, 0.717) is 40.4 Å². The first-order chi connectivity index (χ1) is 19.5. The number of nitrogens with two attached hydrogens (primary N) is 1. The maximum atomic E-state index is 12.9. The Morgan fingerprint density at radius 3 is 2.73 bits per heavy atom. The molecule has 3 rings (SSSR count). The number of benzene rings is 1. The quantitative estimate of drug-likeness (QED) is 0.169. The van der Waals surface area contributed by atoms with Crippen LogP contribution in [0.5, 0.6) is 0 Å². The molecule has 2 aliphatic heterocycles. The largest absolute Gasteiger partial charge is 0.500 e. The predicted octanol–water partition coefficient (Wildman–Crippen LogP) is 3.11. The zero-order valence-electron chi connectivity index (χ0n) is 23.9. The third kappa shape index (κ3) is 9.27. The molecule has 0 aliphatic carbocycles. The van der Waals surface area contributed by atoms with E-state index < -0.39 is 5.91 Å². The molecule has 13 heteroatoms. The van der Waals surface area contributed by atoms with Crippen LogP contribution in [0.25, 0.3) is 0 Å². The van der Waals surface area contributed by atoms with Crippen LogP contribution in [0.15, 0.2) is 69.3 Å². The van der Waals surface area contributed by atoms with Crippen LogP contribution in [0.4, 0.5) is 5.69 Å². The first-order valence-electron chi connectivity index (χ1n) is 13.1. The third-order valence-corrected chi connectivity index (χ3v) is 6.38. The summed E-state index contributed by atoms with van der Waals surface area (Å²) in [5, 5.41) is 17.3. The Bertz CT molecular complexity index is 1300. The van der Waals surface area contributed by atoms with Crippen molar-refractivity contribution in [1.29, 1.82) is 5.41 Å². The Balaban J connectivity index is 1.76. The van der Waals surface area contributed by atoms with Gasteiger partial charge in [-0.2, -0.15) is 0 Å². The molecule has 1 fully saturated rings. The van der Waals surface area contributed by atoms with Crippen LogP contribution in [0.1, 0.15) is 31.1 Å². The summed E-state index contributed by atoms with van der Waals surface area (Å²) >= 11 is 6.42. The number of guanidine groups is 1. The molecule has 12 nitrogen and oxygen atoms in total. The molecular weight excluding hydrogens is 546 g/mol. The first kappa shape index (κ1) is 31.5. The summed E-state index contributed by atoms with van der Waals surface area (Å²) in [6.07, 6.45) is 4.40. The Morgan fingerprint density at radius 2 is 2.07 bits per heavy atom. The van der Waals surface area contributed by atoms with Crippen LogP contribution in [-0.2, 0) is 9.47 Å². The third-order valence-electron chi connectivity index (χ3n) is 6.05. The minimum absolute atomic E-state index is 0.109. The lowest BCUT2D eigenvalue weighted by molar-refractivity contribution is 0.0389. The number of halogens is 1. The summed E-state index contributed by atoms with van der Waals surface area (Å²) in [6, 6.07) is 4.65. The van der Waals surface area contributed by atoms with Gasteiger partial charge in [-0.1, -0.05) is 39.0 Å². The van der Waals surface area contributed by atoms with Gasteiger partial charge in [0.25, 0.3) is 5.91 Å². The van der Waals surface area contributed by atoms with Gasteiger partial charge in [0.2, 0.25) is 5.96 Å². The standard InChI is InChI=1S/C28H38ClN9O3/c1-6-32-21-17-34-27(33-9-10-38-11-13-41-14-12-38)37-24(21)25(31)35-20-15-18(7-8-19(20)29)26(39)36-23(30)16-22(40-5)28(2,3)4/h6-8,15-17,35H,1,9-14,31H2,2-5H3,(H,33,37)(H2,30,36,39)/b22-16-,25-24-,32-21-. The second kappa shape index (κ2) is 14.6. The zero-order valence-corrected chi connectivity index (χ0v) is 24.6. The second-order valence-electron chi connectivity index (χ2n) is 10.2. The molecule has 0 bridgehead atoms. The average Bonchev–Trinajstić information content (AvgIpc) is 2.93. The van der Waals surface area contributed by atoms with E-state index in [2.05, 4.69) is 42.4 Å². The van der Waals surface area contributed by atoms with E-state index in [1.165, 1.54) is 25.5 Å². The molecule has 2 heterocycles. The Hall–Kier alpha value is -4.00. The minimum atomic E-state index is -0.495. The van der Waals surface area contributed by atoms with Crippen LogP contribution in [0.3, 0.4) is 0 Å². The van der Waals surface area contributed by atoms with E-state index in [1.807, 2.05) is 20.8 Å². The van der Waals surface area contributed by atoms with Crippen molar-refractivity contribution < 1.29 is 14.3 Å². The molecular formula is C28H38ClN9O3. The van der Waals surface area contributed by atoms with Crippen molar-refractivity contribution >= 4 is 46.9 Å². The molecule has 1 aromatic rings. The van der Waals surface area contributed by atoms with Crippen molar-refractivity contribution in [3.8, 4) is 0 Å². The van der Waals surface area contributed by atoms with E-state index >= 15 is 0 Å². The Labute approximate surface area is 245 Å². The smallest absolute Gasteiger partial charge is 0.256 e. The average molecular weight is 584 g/mol. The number of carbonyl (C=O) groups is 1. The Kier molecular flexibility index (Phi) is 11.2. The molecule has 0 unspecified atom stereocenters. The number of amides is 1. The van der Waals surface area contributed by atoms with Crippen molar-refractivity contribution in [2.24, 2.45) is 26.1 Å². The highest BCUT2D eigenvalue weighted by atomic mass is 35.5. The maximum absolute atomic E-state index is 12.9. The zero-order chi connectivity index (χ0) is 30.0. The number of aliphatic imine (C=N–C) groups is 3.